The quantitative estimate of drug-likeness (QED) is 0.343. The van der Waals surface area contributed by atoms with Gasteiger partial charge in [-0.1, -0.05) is 24.3 Å². The Morgan fingerprint density at radius 1 is 0.647 bits per heavy atom. The van der Waals surface area contributed by atoms with E-state index in [4.69, 9.17) is 0 Å². The van der Waals surface area contributed by atoms with Gasteiger partial charge in [-0.05, 0) is 49.2 Å². The van der Waals surface area contributed by atoms with Crippen molar-refractivity contribution >= 4 is 42.8 Å². The molecule has 2 N–H and O–H groups in total. The maximum Gasteiger partial charge on any atom is 0.289 e. The first-order valence-electron chi connectivity index (χ1n) is 9.47. The predicted molar refractivity (Wildman–Crippen MR) is 124 cm³/mol. The molecular weight excluding hydrogens is 488 g/mol. The molecular formula is C20H18N4O8S2. The van der Waals surface area contributed by atoms with Crippen LogP contribution in [0.1, 0.15) is 11.1 Å². The lowest BCUT2D eigenvalue weighted by molar-refractivity contribution is -0.388. The fourth-order valence-electron chi connectivity index (χ4n) is 3.11. The van der Waals surface area contributed by atoms with E-state index in [2.05, 4.69) is 9.44 Å². The fourth-order valence-corrected chi connectivity index (χ4v) is 5.70. The van der Waals surface area contributed by atoms with E-state index in [9.17, 15) is 37.1 Å². The van der Waals surface area contributed by atoms with Gasteiger partial charge in [-0.25, -0.2) is 16.8 Å². The number of aryl methyl sites for hydroxylation is 2. The summed E-state index contributed by atoms with van der Waals surface area (Å²) < 4.78 is 55.8. The normalized spacial score (nSPS) is 11.6. The Morgan fingerprint density at radius 3 is 1.29 bits per heavy atom. The summed E-state index contributed by atoms with van der Waals surface area (Å²) in [6.45, 7) is 3.00. The molecule has 3 aromatic rings. The molecule has 0 fully saturated rings. The number of sulfonamides is 2. The highest BCUT2D eigenvalue weighted by molar-refractivity contribution is 7.93. The molecule has 0 aliphatic rings. The van der Waals surface area contributed by atoms with Gasteiger partial charge in [-0.15, -0.1) is 0 Å². The van der Waals surface area contributed by atoms with Crippen molar-refractivity contribution < 1.29 is 26.7 Å². The molecule has 34 heavy (non-hydrogen) atoms. The van der Waals surface area contributed by atoms with E-state index in [0.717, 1.165) is 24.3 Å². The van der Waals surface area contributed by atoms with E-state index in [1.165, 1.54) is 50.2 Å². The van der Waals surface area contributed by atoms with Crippen LogP contribution in [-0.2, 0) is 20.0 Å². The maximum absolute atomic E-state index is 12.8. The van der Waals surface area contributed by atoms with Gasteiger partial charge in [0.05, 0.1) is 21.2 Å². The van der Waals surface area contributed by atoms with Crippen LogP contribution in [0.25, 0.3) is 0 Å². The van der Waals surface area contributed by atoms with Crippen molar-refractivity contribution in [3.8, 4) is 0 Å². The molecule has 0 amide bonds. The highest BCUT2D eigenvalue weighted by Gasteiger charge is 2.28. The molecule has 0 aromatic heterocycles. The lowest BCUT2D eigenvalue weighted by Gasteiger charge is -2.16. The number of benzene rings is 3. The molecule has 14 heteroatoms. The molecule has 0 spiro atoms. The highest BCUT2D eigenvalue weighted by Crippen LogP contribution is 2.31. The lowest BCUT2D eigenvalue weighted by atomic mass is 10.1. The van der Waals surface area contributed by atoms with Crippen LogP contribution in [0, 0.1) is 34.1 Å². The summed E-state index contributed by atoms with van der Waals surface area (Å²) in [4.78, 5) is 19.7. The number of hydrogen-bond acceptors (Lipinski definition) is 8. The second-order valence-electron chi connectivity index (χ2n) is 7.14. The monoisotopic (exact) mass is 506 g/mol. The Morgan fingerprint density at radius 2 is 0.971 bits per heavy atom. The van der Waals surface area contributed by atoms with Crippen LogP contribution in [0.3, 0.4) is 0 Å². The zero-order valence-electron chi connectivity index (χ0n) is 17.8. The number of hydrogen-bond donors (Lipinski definition) is 2. The lowest BCUT2D eigenvalue weighted by Crippen LogP contribution is -2.17. The molecule has 0 radical (unpaired) electrons. The number of anilines is 2. The summed E-state index contributed by atoms with van der Waals surface area (Å²) >= 11 is 0. The number of nitrogens with zero attached hydrogens (tertiary/aromatic N) is 2. The zero-order chi connectivity index (χ0) is 25.3. The molecule has 0 unspecified atom stereocenters. The minimum Gasteiger partial charge on any atom is -0.279 e. The minimum atomic E-state index is -4.34. The third kappa shape index (κ3) is 4.97. The van der Waals surface area contributed by atoms with E-state index < -0.39 is 51.1 Å². The summed E-state index contributed by atoms with van der Waals surface area (Å²) in [5.74, 6) is 0. The summed E-state index contributed by atoms with van der Waals surface area (Å²) in [5.41, 5.74) is -0.453. The largest absolute Gasteiger partial charge is 0.289 e. The van der Waals surface area contributed by atoms with Crippen molar-refractivity contribution in [2.75, 3.05) is 9.44 Å². The Balaban J connectivity index is 1.96. The van der Waals surface area contributed by atoms with Crippen LogP contribution in [0.4, 0.5) is 22.7 Å². The van der Waals surface area contributed by atoms with Crippen molar-refractivity contribution in [1.29, 1.82) is 0 Å². The third-order valence-electron chi connectivity index (χ3n) is 4.76. The van der Waals surface area contributed by atoms with Crippen molar-refractivity contribution in [2.45, 2.75) is 23.6 Å². The van der Waals surface area contributed by atoms with Crippen LogP contribution < -0.4 is 9.44 Å². The second kappa shape index (κ2) is 9.07. The van der Waals surface area contributed by atoms with Gasteiger partial charge in [-0.3, -0.25) is 29.7 Å². The Hall–Kier alpha value is -4.04. The third-order valence-corrected chi connectivity index (χ3v) is 7.59. The summed E-state index contributed by atoms with van der Waals surface area (Å²) in [5, 5.41) is 22.4. The number of para-hydroxylation sites is 2. The molecule has 178 valence electrons. The number of nitro groups is 2. The Kier molecular flexibility index (Phi) is 6.56. The van der Waals surface area contributed by atoms with Gasteiger partial charge in [-0.2, -0.15) is 0 Å². The average molecular weight is 507 g/mol. The van der Waals surface area contributed by atoms with E-state index in [1.807, 2.05) is 0 Å². The first-order chi connectivity index (χ1) is 15.8. The highest BCUT2D eigenvalue weighted by atomic mass is 32.2. The standard InChI is InChI=1S/C20H18N4O8S2/c1-13-11-16(22-34(31,32)20-10-6-4-8-18(20)24(27)28)14(2)12-15(13)21-33(29,30)19-9-5-3-7-17(19)23(25)26/h3-12,21-22H,1-2H3. The van der Waals surface area contributed by atoms with E-state index >= 15 is 0 Å². The molecule has 0 bridgehead atoms. The smallest absolute Gasteiger partial charge is 0.279 e. The molecule has 3 rings (SSSR count). The van der Waals surface area contributed by atoms with Gasteiger partial charge in [0, 0.05) is 12.1 Å². The molecule has 0 saturated heterocycles. The van der Waals surface area contributed by atoms with Gasteiger partial charge >= 0.3 is 0 Å². The first kappa shape index (κ1) is 24.6. The van der Waals surface area contributed by atoms with Crippen LogP contribution in [0.2, 0.25) is 0 Å². The number of rotatable bonds is 8. The van der Waals surface area contributed by atoms with Crippen LogP contribution in [-0.4, -0.2) is 26.7 Å². The molecule has 3 aromatic carbocycles. The summed E-state index contributed by atoms with van der Waals surface area (Å²) in [6.07, 6.45) is 0. The minimum absolute atomic E-state index is 0.0734. The van der Waals surface area contributed by atoms with Crippen molar-refractivity contribution in [1.82, 2.24) is 0 Å². The van der Waals surface area contributed by atoms with Gasteiger partial charge in [0.15, 0.2) is 9.79 Å². The molecule has 0 saturated carbocycles. The van der Waals surface area contributed by atoms with Gasteiger partial charge in [0.25, 0.3) is 31.4 Å². The van der Waals surface area contributed by atoms with Gasteiger partial charge in [0.1, 0.15) is 0 Å². The van der Waals surface area contributed by atoms with Crippen LogP contribution in [0.15, 0.2) is 70.5 Å². The van der Waals surface area contributed by atoms with Crippen molar-refractivity contribution in [2.24, 2.45) is 0 Å². The van der Waals surface area contributed by atoms with E-state index in [0.29, 0.717) is 11.1 Å². The van der Waals surface area contributed by atoms with Gasteiger partial charge in [0.2, 0.25) is 0 Å². The van der Waals surface area contributed by atoms with Crippen LogP contribution in [0.5, 0.6) is 0 Å². The maximum atomic E-state index is 12.8. The summed E-state index contributed by atoms with van der Waals surface area (Å²) in [6, 6.07) is 12.4. The van der Waals surface area contributed by atoms with E-state index in [1.54, 1.807) is 0 Å². The molecule has 0 aliphatic carbocycles. The van der Waals surface area contributed by atoms with Crippen molar-refractivity contribution in [3.05, 3.63) is 92.0 Å². The Labute approximate surface area is 194 Å². The summed E-state index contributed by atoms with van der Waals surface area (Å²) in [7, 11) is -8.68. The molecule has 0 aliphatic heterocycles. The SMILES string of the molecule is Cc1cc(NS(=O)(=O)c2ccccc2[N+](=O)[O-])c(C)cc1NS(=O)(=O)c1ccccc1[N+](=O)[O-]. The van der Waals surface area contributed by atoms with E-state index in [-0.39, 0.29) is 11.4 Å². The topological polar surface area (TPSA) is 179 Å². The fraction of sp³-hybridized carbons (Fsp3) is 0.100. The number of nitrogens with one attached hydrogen (secondary N) is 2. The second-order valence-corrected chi connectivity index (χ2v) is 10.4. The molecule has 0 atom stereocenters. The average Bonchev–Trinajstić information content (AvgIpc) is 2.76. The molecule has 0 heterocycles. The predicted octanol–water partition coefficient (Wildman–Crippen LogP) is 3.72. The zero-order valence-corrected chi connectivity index (χ0v) is 19.4. The van der Waals surface area contributed by atoms with Crippen LogP contribution >= 0.6 is 0 Å². The number of nitro benzene ring substituents is 2. The molecule has 12 nitrogen and oxygen atoms in total. The Bertz CT molecular complexity index is 1400. The first-order valence-corrected chi connectivity index (χ1v) is 12.4. The van der Waals surface area contributed by atoms with Crippen molar-refractivity contribution in [3.63, 3.8) is 0 Å². The van der Waals surface area contributed by atoms with Gasteiger partial charge < -0.3 is 0 Å².